The lowest BCUT2D eigenvalue weighted by molar-refractivity contribution is 0.377. The van der Waals surface area contributed by atoms with Gasteiger partial charge in [-0.2, -0.15) is 4.98 Å². The first-order valence-corrected chi connectivity index (χ1v) is 7.00. The van der Waals surface area contributed by atoms with Gasteiger partial charge in [-0.3, -0.25) is 0 Å². The highest BCUT2D eigenvalue weighted by molar-refractivity contribution is 5.82. The normalized spacial score (nSPS) is 19.3. The third kappa shape index (κ3) is 2.12. The minimum Gasteiger partial charge on any atom is -0.354 e. The number of aromatic nitrogens is 6. The monoisotopic (exact) mass is 285 g/mol. The Bertz CT molecular complexity index is 765. The SMILES string of the molecule is Cc1nc(C2CCCN(c3ncnc4nc[nH]c34)C2)no1. The topological polar surface area (TPSA) is 96.6 Å². The lowest BCUT2D eigenvalue weighted by Crippen LogP contribution is -2.35. The number of anilines is 1. The number of hydrogen-bond acceptors (Lipinski definition) is 7. The Labute approximate surface area is 120 Å². The van der Waals surface area contributed by atoms with Crippen molar-refractivity contribution in [3.8, 4) is 0 Å². The van der Waals surface area contributed by atoms with E-state index in [2.05, 4.69) is 35.0 Å². The molecule has 0 amide bonds. The number of H-pyrrole nitrogens is 1. The lowest BCUT2D eigenvalue weighted by atomic mass is 9.97. The summed E-state index contributed by atoms with van der Waals surface area (Å²) < 4.78 is 5.10. The molecule has 1 atom stereocenters. The van der Waals surface area contributed by atoms with Crippen molar-refractivity contribution in [3.05, 3.63) is 24.4 Å². The molecule has 4 rings (SSSR count). The summed E-state index contributed by atoms with van der Waals surface area (Å²) in [6, 6.07) is 0. The highest BCUT2D eigenvalue weighted by Gasteiger charge is 2.27. The summed E-state index contributed by atoms with van der Waals surface area (Å²) in [5.74, 6) is 2.55. The van der Waals surface area contributed by atoms with E-state index >= 15 is 0 Å². The molecule has 0 saturated carbocycles. The number of fused-ring (bicyclic) bond motifs is 1. The molecule has 108 valence electrons. The van der Waals surface area contributed by atoms with E-state index in [0.717, 1.165) is 43.1 Å². The second-order valence-electron chi connectivity index (χ2n) is 5.26. The van der Waals surface area contributed by atoms with Gasteiger partial charge in [0.25, 0.3) is 0 Å². The lowest BCUT2D eigenvalue weighted by Gasteiger charge is -2.32. The minimum atomic E-state index is 0.268. The van der Waals surface area contributed by atoms with Crippen molar-refractivity contribution >= 4 is 17.0 Å². The van der Waals surface area contributed by atoms with Crippen LogP contribution in [0.1, 0.15) is 30.5 Å². The van der Waals surface area contributed by atoms with E-state index in [9.17, 15) is 0 Å². The fourth-order valence-corrected chi connectivity index (χ4v) is 2.85. The molecule has 8 nitrogen and oxygen atoms in total. The van der Waals surface area contributed by atoms with Gasteiger partial charge < -0.3 is 14.4 Å². The number of piperidine rings is 1. The number of nitrogens with zero attached hydrogens (tertiary/aromatic N) is 6. The van der Waals surface area contributed by atoms with Crippen molar-refractivity contribution in [3.63, 3.8) is 0 Å². The highest BCUT2D eigenvalue weighted by Crippen LogP contribution is 2.29. The van der Waals surface area contributed by atoms with E-state index in [1.165, 1.54) is 0 Å². The second kappa shape index (κ2) is 4.80. The van der Waals surface area contributed by atoms with Crippen LogP contribution < -0.4 is 4.90 Å². The summed E-state index contributed by atoms with van der Waals surface area (Å²) in [7, 11) is 0. The number of nitrogens with one attached hydrogen (secondary N) is 1. The van der Waals surface area contributed by atoms with Gasteiger partial charge >= 0.3 is 0 Å². The second-order valence-corrected chi connectivity index (χ2v) is 5.26. The van der Waals surface area contributed by atoms with Crippen molar-refractivity contribution < 1.29 is 4.52 Å². The summed E-state index contributed by atoms with van der Waals surface area (Å²) in [5.41, 5.74) is 1.57. The number of aryl methyl sites for hydroxylation is 1. The van der Waals surface area contributed by atoms with Gasteiger partial charge in [0.15, 0.2) is 17.3 Å². The third-order valence-corrected chi connectivity index (χ3v) is 3.83. The minimum absolute atomic E-state index is 0.268. The van der Waals surface area contributed by atoms with Gasteiger partial charge in [-0.15, -0.1) is 0 Å². The van der Waals surface area contributed by atoms with E-state index in [1.807, 2.05) is 6.92 Å². The summed E-state index contributed by atoms with van der Waals surface area (Å²) in [6.07, 6.45) is 5.33. The third-order valence-electron chi connectivity index (χ3n) is 3.83. The molecule has 21 heavy (non-hydrogen) atoms. The molecule has 1 unspecified atom stereocenters. The summed E-state index contributed by atoms with van der Waals surface area (Å²) >= 11 is 0. The van der Waals surface area contributed by atoms with Crippen LogP contribution >= 0.6 is 0 Å². The maximum atomic E-state index is 5.10. The molecule has 0 spiro atoms. The van der Waals surface area contributed by atoms with Crippen molar-refractivity contribution in [2.75, 3.05) is 18.0 Å². The molecule has 4 heterocycles. The molecule has 0 aliphatic carbocycles. The zero-order chi connectivity index (χ0) is 14.2. The predicted molar refractivity (Wildman–Crippen MR) is 74.9 cm³/mol. The van der Waals surface area contributed by atoms with E-state index in [-0.39, 0.29) is 5.92 Å². The fourth-order valence-electron chi connectivity index (χ4n) is 2.85. The molecule has 8 heteroatoms. The molecule has 1 aliphatic rings. The van der Waals surface area contributed by atoms with Crippen molar-refractivity contribution in [1.82, 2.24) is 30.1 Å². The van der Waals surface area contributed by atoms with Gasteiger partial charge in [-0.25, -0.2) is 15.0 Å². The molecule has 0 aromatic carbocycles. The van der Waals surface area contributed by atoms with Gasteiger partial charge in [0.2, 0.25) is 5.89 Å². The number of rotatable bonds is 2. The average molecular weight is 285 g/mol. The standard InChI is InChI=1S/C13H15N7O/c1-8-18-11(19-21-8)9-3-2-4-20(5-9)13-10-12(15-6-14-10)16-7-17-13/h6-7,9H,2-5H2,1H3,(H,14,15,16,17). The molecular weight excluding hydrogens is 270 g/mol. The number of hydrogen-bond donors (Lipinski definition) is 1. The van der Waals surface area contributed by atoms with Gasteiger partial charge in [-0.1, -0.05) is 5.16 Å². The fraction of sp³-hybridized carbons (Fsp3) is 0.462. The molecular formula is C13H15N7O. The smallest absolute Gasteiger partial charge is 0.223 e. The van der Waals surface area contributed by atoms with Crippen LogP contribution in [0.15, 0.2) is 17.2 Å². The van der Waals surface area contributed by atoms with Crippen LogP contribution in [-0.4, -0.2) is 43.2 Å². The van der Waals surface area contributed by atoms with E-state index < -0.39 is 0 Å². The van der Waals surface area contributed by atoms with E-state index in [4.69, 9.17) is 4.52 Å². The van der Waals surface area contributed by atoms with Gasteiger partial charge in [0.05, 0.1) is 6.33 Å². The molecule has 1 fully saturated rings. The summed E-state index contributed by atoms with van der Waals surface area (Å²) in [4.78, 5) is 22.5. The Kier molecular flexibility index (Phi) is 2.80. The van der Waals surface area contributed by atoms with Crippen molar-refractivity contribution in [2.24, 2.45) is 0 Å². The number of imidazole rings is 1. The van der Waals surface area contributed by atoms with Gasteiger partial charge in [0.1, 0.15) is 11.8 Å². The number of aromatic amines is 1. The Balaban J connectivity index is 1.65. The first-order valence-electron chi connectivity index (χ1n) is 7.00. The molecule has 1 aliphatic heterocycles. The Hall–Kier alpha value is -2.51. The highest BCUT2D eigenvalue weighted by atomic mass is 16.5. The van der Waals surface area contributed by atoms with Crippen LogP contribution in [-0.2, 0) is 0 Å². The van der Waals surface area contributed by atoms with Crippen LogP contribution in [0, 0.1) is 6.92 Å². The maximum absolute atomic E-state index is 5.10. The van der Waals surface area contributed by atoms with Crippen LogP contribution in [0.2, 0.25) is 0 Å². The van der Waals surface area contributed by atoms with Crippen LogP contribution in [0.25, 0.3) is 11.2 Å². The first-order chi connectivity index (χ1) is 10.3. The Morgan fingerprint density at radius 3 is 3.14 bits per heavy atom. The van der Waals surface area contributed by atoms with E-state index in [1.54, 1.807) is 12.7 Å². The molecule has 3 aromatic rings. The van der Waals surface area contributed by atoms with Crippen molar-refractivity contribution in [1.29, 1.82) is 0 Å². The maximum Gasteiger partial charge on any atom is 0.223 e. The van der Waals surface area contributed by atoms with Gasteiger partial charge in [0, 0.05) is 25.9 Å². The molecule has 3 aromatic heterocycles. The summed E-state index contributed by atoms with van der Waals surface area (Å²) in [6.45, 7) is 3.60. The Morgan fingerprint density at radius 1 is 1.33 bits per heavy atom. The summed E-state index contributed by atoms with van der Waals surface area (Å²) in [5, 5.41) is 4.05. The molecule has 0 bridgehead atoms. The predicted octanol–water partition coefficient (Wildman–Crippen LogP) is 1.43. The zero-order valence-electron chi connectivity index (χ0n) is 11.7. The van der Waals surface area contributed by atoms with Crippen LogP contribution in [0.5, 0.6) is 0 Å². The molecule has 1 saturated heterocycles. The van der Waals surface area contributed by atoms with E-state index in [0.29, 0.717) is 11.5 Å². The molecule has 0 radical (unpaired) electrons. The van der Waals surface area contributed by atoms with Crippen LogP contribution in [0.3, 0.4) is 0 Å². The Morgan fingerprint density at radius 2 is 2.29 bits per heavy atom. The molecule has 1 N–H and O–H groups in total. The van der Waals surface area contributed by atoms with Gasteiger partial charge in [-0.05, 0) is 12.8 Å². The zero-order valence-corrected chi connectivity index (χ0v) is 11.7. The quantitative estimate of drug-likeness (QED) is 0.760. The first kappa shape index (κ1) is 12.2. The average Bonchev–Trinajstić information content (AvgIpc) is 3.15. The largest absolute Gasteiger partial charge is 0.354 e. The van der Waals surface area contributed by atoms with Crippen LogP contribution in [0.4, 0.5) is 5.82 Å². The van der Waals surface area contributed by atoms with Crippen molar-refractivity contribution in [2.45, 2.75) is 25.7 Å².